The summed E-state index contributed by atoms with van der Waals surface area (Å²) < 4.78 is 30.9. The first-order chi connectivity index (χ1) is 18.8. The summed E-state index contributed by atoms with van der Waals surface area (Å²) in [5, 5.41) is 3.43. The largest absolute Gasteiger partial charge is 0.349 e. The highest BCUT2D eigenvalue weighted by atomic mass is 19.1. The maximum atomic E-state index is 15.0. The zero-order chi connectivity index (χ0) is 27.3. The number of halogens is 2. The second-order valence-corrected chi connectivity index (χ2v) is 10.3. The van der Waals surface area contributed by atoms with Crippen LogP contribution in [0.4, 0.5) is 14.7 Å². The number of hydrogen-bond acceptors (Lipinski definition) is 6. The van der Waals surface area contributed by atoms with E-state index in [1.165, 1.54) is 12.1 Å². The van der Waals surface area contributed by atoms with Crippen LogP contribution in [0.5, 0.6) is 0 Å². The fourth-order valence-corrected chi connectivity index (χ4v) is 4.98. The molecule has 200 valence electrons. The minimum Gasteiger partial charge on any atom is -0.349 e. The number of carbonyl (C=O) groups is 1. The van der Waals surface area contributed by atoms with Gasteiger partial charge in [-0.25, -0.2) is 13.8 Å². The van der Waals surface area contributed by atoms with Gasteiger partial charge in [-0.3, -0.25) is 14.2 Å². The van der Waals surface area contributed by atoms with Crippen LogP contribution in [0.2, 0.25) is 0 Å². The molecule has 1 aliphatic heterocycles. The van der Waals surface area contributed by atoms with Gasteiger partial charge >= 0.3 is 0 Å². The Hall–Kier alpha value is -4.18. The van der Waals surface area contributed by atoms with Crippen molar-refractivity contribution in [2.45, 2.75) is 44.7 Å². The minimum atomic E-state index is -0.884. The number of piperidine rings is 1. The number of aryl methyl sites for hydroxylation is 1. The lowest BCUT2D eigenvalue weighted by Crippen LogP contribution is -2.40. The van der Waals surface area contributed by atoms with Crippen molar-refractivity contribution in [1.29, 1.82) is 0 Å². The van der Waals surface area contributed by atoms with Crippen LogP contribution in [0.25, 0.3) is 28.0 Å². The molecule has 10 heteroatoms. The third kappa shape index (κ3) is 4.76. The van der Waals surface area contributed by atoms with Crippen LogP contribution in [0, 0.1) is 18.6 Å². The first-order valence-electron chi connectivity index (χ1n) is 13.1. The number of nitrogens with one attached hydrogen (secondary N) is 1. The molecule has 1 saturated carbocycles. The molecular weight excluding hydrogens is 502 g/mol. The zero-order valence-electron chi connectivity index (χ0n) is 21.5. The van der Waals surface area contributed by atoms with Gasteiger partial charge in [-0.2, -0.15) is 4.98 Å². The van der Waals surface area contributed by atoms with Crippen molar-refractivity contribution in [3.05, 3.63) is 81.6 Å². The second kappa shape index (κ2) is 9.85. The molecule has 0 atom stereocenters. The van der Waals surface area contributed by atoms with E-state index in [2.05, 4.69) is 10.3 Å². The van der Waals surface area contributed by atoms with Gasteiger partial charge in [0.05, 0.1) is 5.69 Å². The number of pyridine rings is 1. The summed E-state index contributed by atoms with van der Waals surface area (Å²) in [5.41, 5.74) is 7.52. The van der Waals surface area contributed by atoms with E-state index in [0.717, 1.165) is 47.9 Å². The molecule has 3 N–H and O–H groups in total. The number of fused-ring (bicyclic) bond motifs is 1. The van der Waals surface area contributed by atoms with Crippen molar-refractivity contribution in [2.75, 3.05) is 18.0 Å². The molecule has 2 aromatic carbocycles. The molecule has 3 heterocycles. The standard InChI is InChI=1S/C29H28F2N6O2/c1-16-5-6-17(28(39)33-19-7-8-19)15-21(16)25-20-9-10-24(38)37(26-22(30)3-2-4-23(26)31)27(20)35-29(34-25)36-13-11-18(32)12-14-36/h2-6,9-10,15,18-19H,7-8,11-14,32H2,1H3,(H,33,39). The number of aromatic nitrogens is 3. The number of benzene rings is 2. The predicted molar refractivity (Wildman–Crippen MR) is 145 cm³/mol. The molecule has 1 aliphatic carbocycles. The van der Waals surface area contributed by atoms with Gasteiger partial charge in [0.25, 0.3) is 11.5 Å². The maximum Gasteiger partial charge on any atom is 0.256 e. The van der Waals surface area contributed by atoms with E-state index in [1.807, 2.05) is 17.9 Å². The number of rotatable bonds is 5. The first-order valence-corrected chi connectivity index (χ1v) is 13.1. The van der Waals surface area contributed by atoms with E-state index in [1.54, 1.807) is 18.2 Å². The molecule has 39 heavy (non-hydrogen) atoms. The van der Waals surface area contributed by atoms with Crippen LogP contribution in [0.15, 0.2) is 53.3 Å². The summed E-state index contributed by atoms with van der Waals surface area (Å²) in [6.07, 6.45) is 3.40. The minimum absolute atomic E-state index is 0.0655. The van der Waals surface area contributed by atoms with Crippen LogP contribution in [-0.2, 0) is 0 Å². The molecule has 1 saturated heterocycles. The molecule has 2 fully saturated rings. The molecule has 2 aromatic heterocycles. The Morgan fingerprint density at radius 3 is 2.41 bits per heavy atom. The fourth-order valence-electron chi connectivity index (χ4n) is 4.98. The summed E-state index contributed by atoms with van der Waals surface area (Å²) in [6.45, 7) is 3.10. The van der Waals surface area contributed by atoms with Crippen molar-refractivity contribution in [2.24, 2.45) is 5.73 Å². The lowest BCUT2D eigenvalue weighted by atomic mass is 9.99. The SMILES string of the molecule is Cc1ccc(C(=O)NC2CC2)cc1-c1nc(N2CCC(N)CC2)nc2c1ccc(=O)n2-c1c(F)cccc1F. The van der Waals surface area contributed by atoms with Crippen LogP contribution in [-0.4, -0.2) is 45.6 Å². The van der Waals surface area contributed by atoms with E-state index in [4.69, 9.17) is 10.7 Å². The molecule has 0 bridgehead atoms. The molecule has 1 amide bonds. The summed E-state index contributed by atoms with van der Waals surface area (Å²) in [4.78, 5) is 37.5. The van der Waals surface area contributed by atoms with Crippen molar-refractivity contribution in [3.63, 3.8) is 0 Å². The van der Waals surface area contributed by atoms with E-state index in [0.29, 0.717) is 41.2 Å². The van der Waals surface area contributed by atoms with Gasteiger partial charge in [-0.1, -0.05) is 12.1 Å². The quantitative estimate of drug-likeness (QED) is 0.406. The number of hydrogen-bond donors (Lipinski definition) is 2. The molecule has 0 spiro atoms. The van der Waals surface area contributed by atoms with E-state index in [9.17, 15) is 18.4 Å². The summed E-state index contributed by atoms with van der Waals surface area (Å²) in [6, 6.07) is 11.9. The van der Waals surface area contributed by atoms with Crippen LogP contribution in [0.1, 0.15) is 41.6 Å². The second-order valence-electron chi connectivity index (χ2n) is 10.3. The maximum absolute atomic E-state index is 15.0. The molecule has 2 aliphatic rings. The van der Waals surface area contributed by atoms with Crippen LogP contribution in [0.3, 0.4) is 0 Å². The molecule has 4 aromatic rings. The Bertz CT molecular complexity index is 1640. The molecule has 0 radical (unpaired) electrons. The molecule has 0 unspecified atom stereocenters. The smallest absolute Gasteiger partial charge is 0.256 e. The van der Waals surface area contributed by atoms with Gasteiger partial charge in [-0.15, -0.1) is 0 Å². The molecular formula is C29H28F2N6O2. The lowest BCUT2D eigenvalue weighted by Gasteiger charge is -2.30. The highest BCUT2D eigenvalue weighted by Gasteiger charge is 2.26. The van der Waals surface area contributed by atoms with E-state index in [-0.39, 0.29) is 23.6 Å². The number of anilines is 1. The van der Waals surface area contributed by atoms with Gasteiger partial charge in [-0.05, 0) is 68.5 Å². The number of amides is 1. The molecule has 6 rings (SSSR count). The van der Waals surface area contributed by atoms with Gasteiger partial charge in [0.2, 0.25) is 5.95 Å². The highest BCUT2D eigenvalue weighted by molar-refractivity contribution is 5.98. The zero-order valence-corrected chi connectivity index (χ0v) is 21.5. The van der Waals surface area contributed by atoms with Gasteiger partial charge in [0.1, 0.15) is 17.3 Å². The Kier molecular flexibility index (Phi) is 6.34. The normalized spacial score (nSPS) is 16.1. The summed E-state index contributed by atoms with van der Waals surface area (Å²) >= 11 is 0. The van der Waals surface area contributed by atoms with E-state index >= 15 is 0 Å². The van der Waals surface area contributed by atoms with Crippen molar-refractivity contribution >= 4 is 22.9 Å². The number of para-hydroxylation sites is 1. The number of nitrogens with zero attached hydrogens (tertiary/aromatic N) is 4. The van der Waals surface area contributed by atoms with Crippen molar-refractivity contribution in [3.8, 4) is 16.9 Å². The Morgan fingerprint density at radius 1 is 1.00 bits per heavy atom. The molecule has 8 nitrogen and oxygen atoms in total. The van der Waals surface area contributed by atoms with Crippen molar-refractivity contribution < 1.29 is 13.6 Å². The lowest BCUT2D eigenvalue weighted by molar-refractivity contribution is 0.0951. The third-order valence-electron chi connectivity index (χ3n) is 7.39. The van der Waals surface area contributed by atoms with Crippen LogP contribution >= 0.6 is 0 Å². The Labute approximate surface area is 223 Å². The highest BCUT2D eigenvalue weighted by Crippen LogP contribution is 2.33. The Balaban J connectivity index is 1.61. The van der Waals surface area contributed by atoms with Crippen LogP contribution < -0.4 is 21.5 Å². The van der Waals surface area contributed by atoms with Crippen molar-refractivity contribution in [1.82, 2.24) is 19.9 Å². The van der Waals surface area contributed by atoms with Gasteiger partial charge in [0, 0.05) is 47.8 Å². The number of carbonyl (C=O) groups excluding carboxylic acids is 1. The predicted octanol–water partition coefficient (Wildman–Crippen LogP) is 3.85. The Morgan fingerprint density at radius 2 is 1.72 bits per heavy atom. The fraction of sp³-hybridized carbons (Fsp3) is 0.310. The first kappa shape index (κ1) is 25.1. The average molecular weight is 531 g/mol. The van der Waals surface area contributed by atoms with Gasteiger partial charge < -0.3 is 16.0 Å². The average Bonchev–Trinajstić information content (AvgIpc) is 3.74. The number of nitrogens with two attached hydrogens (primary N) is 1. The topological polar surface area (TPSA) is 106 Å². The van der Waals surface area contributed by atoms with Gasteiger partial charge in [0.15, 0.2) is 5.65 Å². The summed E-state index contributed by atoms with van der Waals surface area (Å²) in [5.74, 6) is -1.62. The monoisotopic (exact) mass is 530 g/mol. The summed E-state index contributed by atoms with van der Waals surface area (Å²) in [7, 11) is 0. The third-order valence-corrected chi connectivity index (χ3v) is 7.39. The van der Waals surface area contributed by atoms with E-state index < -0.39 is 22.9 Å².